The highest BCUT2D eigenvalue weighted by atomic mass is 35.5. The smallest absolute Gasteiger partial charge is 0.247 e. The fraction of sp³-hybridized carbons (Fsp3) is 0.286. The first-order chi connectivity index (χ1) is 17.9. The maximum absolute atomic E-state index is 13.3. The number of benzene rings is 2. The number of fused-ring (bicyclic) bond motifs is 2. The molecule has 2 aromatic carbocycles. The number of likely N-dealkylation sites (tertiary alicyclic amines) is 1. The number of hydrogen-bond acceptors (Lipinski definition) is 5. The van der Waals surface area contributed by atoms with Crippen molar-refractivity contribution >= 4 is 35.2 Å². The number of carbonyl (C=O) groups is 2. The fourth-order valence-corrected chi connectivity index (χ4v) is 5.50. The predicted molar refractivity (Wildman–Crippen MR) is 141 cm³/mol. The first kappa shape index (κ1) is 25.0. The molecular formula is C28H27ClFN5O2. The third kappa shape index (κ3) is 5.70. The zero-order valence-electron chi connectivity index (χ0n) is 20.4. The summed E-state index contributed by atoms with van der Waals surface area (Å²) in [7, 11) is 0. The maximum Gasteiger partial charge on any atom is 0.247 e. The van der Waals surface area contributed by atoms with Gasteiger partial charge in [0.1, 0.15) is 5.82 Å². The van der Waals surface area contributed by atoms with Crippen LogP contribution in [-0.4, -0.2) is 56.8 Å². The quantitative estimate of drug-likeness (QED) is 0.474. The summed E-state index contributed by atoms with van der Waals surface area (Å²) in [6, 6.07) is 10.3. The van der Waals surface area contributed by atoms with Crippen LogP contribution in [0.2, 0.25) is 5.02 Å². The Kier molecular flexibility index (Phi) is 7.30. The van der Waals surface area contributed by atoms with Crippen molar-refractivity contribution in [2.75, 3.05) is 18.4 Å². The third-order valence-corrected chi connectivity index (χ3v) is 7.14. The Labute approximate surface area is 220 Å². The third-order valence-electron chi connectivity index (χ3n) is 6.83. The van der Waals surface area contributed by atoms with Crippen LogP contribution < -0.4 is 5.32 Å². The maximum atomic E-state index is 13.3. The number of piperazine rings is 1. The minimum Gasteiger partial charge on any atom is -0.331 e. The summed E-state index contributed by atoms with van der Waals surface area (Å²) < 4.78 is 13.3. The highest BCUT2D eigenvalue weighted by Gasteiger charge is 2.41. The molecule has 1 aromatic heterocycles. The van der Waals surface area contributed by atoms with Crippen molar-refractivity contribution in [1.29, 1.82) is 0 Å². The molecule has 3 heterocycles. The number of anilines is 1. The molecule has 2 unspecified atom stereocenters. The van der Waals surface area contributed by atoms with E-state index in [-0.39, 0.29) is 29.7 Å². The summed E-state index contributed by atoms with van der Waals surface area (Å²) in [5.74, 6) is -0.532. The molecule has 2 fully saturated rings. The van der Waals surface area contributed by atoms with Gasteiger partial charge in [-0.15, -0.1) is 0 Å². The van der Waals surface area contributed by atoms with E-state index in [4.69, 9.17) is 11.6 Å². The Hall–Kier alpha value is -3.62. The van der Waals surface area contributed by atoms with Gasteiger partial charge in [0.25, 0.3) is 0 Å². The lowest BCUT2D eigenvalue weighted by molar-refractivity contribution is -0.131. The molecule has 2 aliphatic heterocycles. The highest BCUT2D eigenvalue weighted by molar-refractivity contribution is 6.33. The molecule has 7 nitrogen and oxygen atoms in total. The van der Waals surface area contributed by atoms with Gasteiger partial charge in [0, 0.05) is 68.4 Å². The summed E-state index contributed by atoms with van der Waals surface area (Å²) >= 11 is 6.49. The van der Waals surface area contributed by atoms with Crippen LogP contribution in [0.15, 0.2) is 61.1 Å². The van der Waals surface area contributed by atoms with Crippen LogP contribution in [-0.2, 0) is 16.1 Å². The largest absolute Gasteiger partial charge is 0.331 e. The van der Waals surface area contributed by atoms with Gasteiger partial charge in [-0.3, -0.25) is 24.5 Å². The second-order valence-electron chi connectivity index (χ2n) is 9.48. The van der Waals surface area contributed by atoms with Gasteiger partial charge in [-0.25, -0.2) is 4.39 Å². The summed E-state index contributed by atoms with van der Waals surface area (Å²) in [5, 5.41) is 3.21. The molecule has 2 atom stereocenters. The molecule has 37 heavy (non-hydrogen) atoms. The van der Waals surface area contributed by atoms with Crippen LogP contribution in [0.5, 0.6) is 0 Å². The lowest BCUT2D eigenvalue weighted by Gasteiger charge is -2.40. The lowest BCUT2D eigenvalue weighted by Crippen LogP contribution is -2.55. The summed E-state index contributed by atoms with van der Waals surface area (Å²) in [5.41, 5.74) is 3.48. The summed E-state index contributed by atoms with van der Waals surface area (Å²) in [6.07, 6.45) is 9.97. The molecule has 190 valence electrons. The van der Waals surface area contributed by atoms with Gasteiger partial charge in [0.15, 0.2) is 0 Å². The molecule has 5 rings (SSSR count). The summed E-state index contributed by atoms with van der Waals surface area (Å²) in [6.45, 7) is 3.72. The minimum atomic E-state index is -0.239. The average molecular weight is 520 g/mol. The van der Waals surface area contributed by atoms with Crippen LogP contribution >= 0.6 is 11.6 Å². The van der Waals surface area contributed by atoms with Crippen LogP contribution in [0.25, 0.3) is 17.3 Å². The topological polar surface area (TPSA) is 78.4 Å². The Morgan fingerprint density at radius 3 is 2.51 bits per heavy atom. The van der Waals surface area contributed by atoms with Gasteiger partial charge in [-0.2, -0.15) is 0 Å². The first-order valence-corrected chi connectivity index (χ1v) is 12.6. The number of nitrogens with zero attached hydrogens (tertiary/aromatic N) is 4. The van der Waals surface area contributed by atoms with Crippen LogP contribution in [0.3, 0.4) is 0 Å². The monoisotopic (exact) mass is 519 g/mol. The number of carbonyl (C=O) groups excluding carboxylic acids is 2. The number of amides is 2. The van der Waals surface area contributed by atoms with Gasteiger partial charge in [0.2, 0.25) is 11.8 Å². The molecule has 2 aliphatic rings. The van der Waals surface area contributed by atoms with Crippen molar-refractivity contribution in [3.05, 3.63) is 83.0 Å². The average Bonchev–Trinajstić information content (AvgIpc) is 3.15. The molecule has 1 N–H and O–H groups in total. The Morgan fingerprint density at radius 2 is 1.86 bits per heavy atom. The van der Waals surface area contributed by atoms with Crippen LogP contribution in [0.4, 0.5) is 10.1 Å². The Morgan fingerprint density at radius 1 is 1.14 bits per heavy atom. The molecule has 2 amide bonds. The standard InChI is InChI=1S/C28H27ClFN5O2/c1-18(36)33-26-13-25(29)24(27-14-31-10-11-32-27)12-20(26)4-9-28(37)35-22-7-8-23(35)17-34(16-22)15-19-2-5-21(30)6-3-19/h2-6,9-14,22-23H,7-8,15-17H2,1H3,(H,33,36)/b9-4+. The van der Waals surface area contributed by atoms with E-state index in [1.54, 1.807) is 42.9 Å². The Bertz CT molecular complexity index is 1320. The number of hydrogen-bond donors (Lipinski definition) is 1. The van der Waals surface area contributed by atoms with E-state index >= 15 is 0 Å². The number of nitrogens with one attached hydrogen (secondary N) is 1. The molecule has 0 aliphatic carbocycles. The van der Waals surface area contributed by atoms with Crippen molar-refractivity contribution < 1.29 is 14.0 Å². The SMILES string of the molecule is CC(=O)Nc1cc(Cl)c(-c2cnccn2)cc1/C=C/C(=O)N1C2CCC1CN(Cc1ccc(F)cc1)C2. The van der Waals surface area contributed by atoms with Gasteiger partial charge in [0.05, 0.1) is 16.9 Å². The van der Waals surface area contributed by atoms with Gasteiger partial charge in [-0.05, 0) is 54.3 Å². The van der Waals surface area contributed by atoms with E-state index in [1.807, 2.05) is 17.0 Å². The van der Waals surface area contributed by atoms with Crippen molar-refractivity contribution in [2.24, 2.45) is 0 Å². The van der Waals surface area contributed by atoms with Crippen molar-refractivity contribution in [2.45, 2.75) is 38.4 Å². The second kappa shape index (κ2) is 10.8. The minimum absolute atomic E-state index is 0.0568. The van der Waals surface area contributed by atoms with Crippen molar-refractivity contribution in [1.82, 2.24) is 19.8 Å². The summed E-state index contributed by atoms with van der Waals surface area (Å²) in [4.78, 5) is 37.9. The number of aromatic nitrogens is 2. The molecule has 0 radical (unpaired) electrons. The van der Waals surface area contributed by atoms with E-state index < -0.39 is 0 Å². The lowest BCUT2D eigenvalue weighted by atomic mass is 10.0. The molecule has 3 aromatic rings. The first-order valence-electron chi connectivity index (χ1n) is 12.2. The molecule has 2 bridgehead atoms. The van der Waals surface area contributed by atoms with E-state index in [9.17, 15) is 14.0 Å². The second-order valence-corrected chi connectivity index (χ2v) is 9.88. The highest BCUT2D eigenvalue weighted by Crippen LogP contribution is 2.34. The number of halogens is 2. The van der Waals surface area contributed by atoms with Gasteiger partial charge < -0.3 is 10.2 Å². The van der Waals surface area contributed by atoms with E-state index in [1.165, 1.54) is 19.1 Å². The van der Waals surface area contributed by atoms with Crippen LogP contribution in [0, 0.1) is 5.82 Å². The van der Waals surface area contributed by atoms with Crippen molar-refractivity contribution in [3.63, 3.8) is 0 Å². The molecule has 0 spiro atoms. The van der Waals surface area contributed by atoms with E-state index in [0.29, 0.717) is 27.5 Å². The van der Waals surface area contributed by atoms with E-state index in [2.05, 4.69) is 20.2 Å². The fourth-order valence-electron chi connectivity index (χ4n) is 5.23. The van der Waals surface area contributed by atoms with E-state index in [0.717, 1.165) is 38.0 Å². The predicted octanol–water partition coefficient (Wildman–Crippen LogP) is 4.78. The number of rotatable bonds is 6. The van der Waals surface area contributed by atoms with Gasteiger partial charge >= 0.3 is 0 Å². The molecular weight excluding hydrogens is 493 g/mol. The molecule has 2 saturated heterocycles. The zero-order chi connectivity index (χ0) is 25.9. The molecule has 9 heteroatoms. The normalized spacial score (nSPS) is 19.4. The van der Waals surface area contributed by atoms with Gasteiger partial charge in [-0.1, -0.05) is 23.7 Å². The Balaban J connectivity index is 1.34. The van der Waals surface area contributed by atoms with Crippen molar-refractivity contribution in [3.8, 4) is 11.3 Å². The zero-order valence-corrected chi connectivity index (χ0v) is 21.2. The van der Waals surface area contributed by atoms with Crippen LogP contribution in [0.1, 0.15) is 30.9 Å². The molecule has 0 saturated carbocycles.